The van der Waals surface area contributed by atoms with Gasteiger partial charge in [-0.1, -0.05) is 0 Å². The summed E-state index contributed by atoms with van der Waals surface area (Å²) < 4.78 is 6.83. The van der Waals surface area contributed by atoms with Gasteiger partial charge in [-0.2, -0.15) is 5.26 Å². The smallest absolute Gasteiger partial charge is 0.253 e. The maximum Gasteiger partial charge on any atom is 0.253 e. The molecule has 0 saturated heterocycles. The Hall–Kier alpha value is -2.54. The molecule has 4 heteroatoms. The van der Waals surface area contributed by atoms with Crippen molar-refractivity contribution in [2.24, 2.45) is 7.05 Å². The Morgan fingerprint density at radius 1 is 1.15 bits per heavy atom. The molecule has 0 saturated carbocycles. The molecule has 0 unspecified atom stereocenters. The van der Waals surface area contributed by atoms with Crippen LogP contribution in [0.4, 0.5) is 0 Å². The van der Waals surface area contributed by atoms with E-state index in [4.69, 9.17) is 10.00 Å². The van der Waals surface area contributed by atoms with Crippen LogP contribution < -0.4 is 10.3 Å². The number of nitriles is 1. The molecule has 2 aromatic rings. The van der Waals surface area contributed by atoms with E-state index >= 15 is 0 Å². The van der Waals surface area contributed by atoms with E-state index in [0.717, 1.165) is 16.7 Å². The highest BCUT2D eigenvalue weighted by atomic mass is 16.5. The van der Waals surface area contributed by atoms with Crippen LogP contribution in [0, 0.1) is 25.2 Å². The lowest BCUT2D eigenvalue weighted by Gasteiger charge is -2.11. The molecule has 0 spiro atoms. The Kier molecular flexibility index (Phi) is 3.62. The van der Waals surface area contributed by atoms with Gasteiger partial charge in [0.1, 0.15) is 11.8 Å². The van der Waals surface area contributed by atoms with Crippen LogP contribution in [0.3, 0.4) is 0 Å². The quantitative estimate of drug-likeness (QED) is 0.841. The fraction of sp³-hybridized carbons (Fsp3) is 0.250. The van der Waals surface area contributed by atoms with Gasteiger partial charge in [0.2, 0.25) is 0 Å². The van der Waals surface area contributed by atoms with E-state index in [1.54, 1.807) is 31.8 Å². The number of ether oxygens (including phenoxy) is 1. The summed E-state index contributed by atoms with van der Waals surface area (Å²) in [6.45, 7) is 3.67. The van der Waals surface area contributed by atoms with Crippen molar-refractivity contribution in [1.29, 1.82) is 5.26 Å². The first-order valence-electron chi connectivity index (χ1n) is 6.24. The Bertz CT molecular complexity index is 741. The number of benzene rings is 1. The van der Waals surface area contributed by atoms with Crippen LogP contribution in [0.15, 0.2) is 29.2 Å². The Morgan fingerprint density at radius 3 is 2.35 bits per heavy atom. The minimum atomic E-state index is -0.00826. The van der Waals surface area contributed by atoms with Gasteiger partial charge in [-0.3, -0.25) is 4.79 Å². The monoisotopic (exact) mass is 268 g/mol. The summed E-state index contributed by atoms with van der Waals surface area (Å²) in [5, 5.41) is 9.14. The van der Waals surface area contributed by atoms with Crippen LogP contribution in [0.2, 0.25) is 0 Å². The lowest BCUT2D eigenvalue weighted by Crippen LogP contribution is -2.18. The van der Waals surface area contributed by atoms with Crippen molar-refractivity contribution in [1.82, 2.24) is 4.57 Å². The van der Waals surface area contributed by atoms with E-state index in [2.05, 4.69) is 6.07 Å². The second-order valence-corrected chi connectivity index (χ2v) is 4.81. The van der Waals surface area contributed by atoms with Crippen molar-refractivity contribution in [3.63, 3.8) is 0 Å². The van der Waals surface area contributed by atoms with Gasteiger partial charge >= 0.3 is 0 Å². The average Bonchev–Trinajstić information content (AvgIpc) is 2.43. The highest BCUT2D eigenvalue weighted by Crippen LogP contribution is 2.29. The fourth-order valence-electron chi connectivity index (χ4n) is 2.26. The molecule has 1 aromatic carbocycles. The summed E-state index contributed by atoms with van der Waals surface area (Å²) in [5.41, 5.74) is 3.93. The van der Waals surface area contributed by atoms with E-state index in [1.807, 2.05) is 25.1 Å². The largest absolute Gasteiger partial charge is 0.495 e. The average molecular weight is 268 g/mol. The molecular weight excluding hydrogens is 252 g/mol. The highest BCUT2D eigenvalue weighted by Gasteiger charge is 2.11. The summed E-state index contributed by atoms with van der Waals surface area (Å²) >= 11 is 0. The summed E-state index contributed by atoms with van der Waals surface area (Å²) in [5.74, 6) is 0.550. The van der Waals surface area contributed by atoms with Crippen molar-refractivity contribution < 1.29 is 4.74 Å². The van der Waals surface area contributed by atoms with Crippen molar-refractivity contribution in [2.75, 3.05) is 7.11 Å². The Morgan fingerprint density at radius 2 is 1.80 bits per heavy atom. The molecule has 1 aromatic heterocycles. The van der Waals surface area contributed by atoms with Gasteiger partial charge < -0.3 is 9.30 Å². The number of methoxy groups -OCH3 is 1. The van der Waals surface area contributed by atoms with Gasteiger partial charge in [0.05, 0.1) is 12.7 Å². The standard InChI is InChI=1S/C16H16N2O2/c1-10-5-12(7-15(20-4)14(10)8-17)13-6-11(2)16(19)18(3)9-13/h5-7,9H,1-4H3. The van der Waals surface area contributed by atoms with Crippen LogP contribution in [-0.4, -0.2) is 11.7 Å². The number of hydrogen-bond donors (Lipinski definition) is 0. The second-order valence-electron chi connectivity index (χ2n) is 4.81. The van der Waals surface area contributed by atoms with Crippen molar-refractivity contribution in [2.45, 2.75) is 13.8 Å². The molecule has 0 N–H and O–H groups in total. The summed E-state index contributed by atoms with van der Waals surface area (Å²) in [6.07, 6.45) is 1.79. The molecule has 2 rings (SSSR count). The van der Waals surface area contributed by atoms with Crippen molar-refractivity contribution in [3.05, 3.63) is 51.4 Å². The first-order valence-corrected chi connectivity index (χ1v) is 6.24. The molecule has 20 heavy (non-hydrogen) atoms. The molecule has 0 aliphatic rings. The maximum absolute atomic E-state index is 11.7. The molecule has 0 bridgehead atoms. The molecule has 0 radical (unpaired) electrons. The van der Waals surface area contributed by atoms with Crippen LogP contribution in [0.1, 0.15) is 16.7 Å². The zero-order valence-corrected chi connectivity index (χ0v) is 12.0. The number of nitrogens with zero attached hydrogens (tertiary/aromatic N) is 2. The highest BCUT2D eigenvalue weighted by molar-refractivity contribution is 5.69. The Balaban J connectivity index is 2.68. The van der Waals surface area contributed by atoms with E-state index in [9.17, 15) is 4.79 Å². The molecule has 0 aliphatic carbocycles. The summed E-state index contributed by atoms with van der Waals surface area (Å²) in [7, 11) is 3.28. The lowest BCUT2D eigenvalue weighted by atomic mass is 9.99. The number of aromatic nitrogens is 1. The van der Waals surface area contributed by atoms with Gasteiger partial charge in [0.25, 0.3) is 5.56 Å². The molecular formula is C16H16N2O2. The van der Waals surface area contributed by atoms with Gasteiger partial charge in [-0.05, 0) is 48.7 Å². The zero-order valence-electron chi connectivity index (χ0n) is 12.0. The Labute approximate surface area is 117 Å². The first-order chi connectivity index (χ1) is 9.47. The minimum Gasteiger partial charge on any atom is -0.495 e. The number of aryl methyl sites for hydroxylation is 3. The van der Waals surface area contributed by atoms with E-state index in [-0.39, 0.29) is 5.56 Å². The molecule has 1 heterocycles. The molecule has 0 atom stereocenters. The molecule has 4 nitrogen and oxygen atoms in total. The lowest BCUT2D eigenvalue weighted by molar-refractivity contribution is 0.413. The van der Waals surface area contributed by atoms with E-state index in [1.165, 1.54) is 0 Å². The van der Waals surface area contributed by atoms with Crippen LogP contribution in [0.5, 0.6) is 5.75 Å². The normalized spacial score (nSPS) is 10.2. The third-order valence-corrected chi connectivity index (χ3v) is 3.33. The van der Waals surface area contributed by atoms with Crippen LogP contribution in [0.25, 0.3) is 11.1 Å². The number of hydrogen-bond acceptors (Lipinski definition) is 3. The summed E-state index contributed by atoms with van der Waals surface area (Å²) in [6, 6.07) is 7.75. The zero-order chi connectivity index (χ0) is 14.9. The van der Waals surface area contributed by atoms with Crippen molar-refractivity contribution in [3.8, 4) is 22.9 Å². The van der Waals surface area contributed by atoms with E-state index < -0.39 is 0 Å². The van der Waals surface area contributed by atoms with Crippen LogP contribution >= 0.6 is 0 Å². The van der Waals surface area contributed by atoms with Crippen molar-refractivity contribution >= 4 is 0 Å². The van der Waals surface area contributed by atoms with Gasteiger partial charge in [-0.15, -0.1) is 0 Å². The molecule has 0 fully saturated rings. The van der Waals surface area contributed by atoms with Crippen LogP contribution in [-0.2, 0) is 7.05 Å². The van der Waals surface area contributed by atoms with Gasteiger partial charge in [-0.25, -0.2) is 0 Å². The third-order valence-electron chi connectivity index (χ3n) is 3.33. The molecule has 0 amide bonds. The molecule has 0 aliphatic heterocycles. The van der Waals surface area contributed by atoms with Gasteiger partial charge in [0, 0.05) is 18.8 Å². The SMILES string of the molecule is COc1cc(-c2cc(C)c(=O)n(C)c2)cc(C)c1C#N. The number of pyridine rings is 1. The predicted molar refractivity (Wildman–Crippen MR) is 77.9 cm³/mol. The fourth-order valence-corrected chi connectivity index (χ4v) is 2.26. The second kappa shape index (κ2) is 5.22. The van der Waals surface area contributed by atoms with E-state index in [0.29, 0.717) is 16.9 Å². The van der Waals surface area contributed by atoms with Gasteiger partial charge in [0.15, 0.2) is 0 Å². The maximum atomic E-state index is 11.7. The summed E-state index contributed by atoms with van der Waals surface area (Å²) in [4.78, 5) is 11.7. The third kappa shape index (κ3) is 2.30. The molecule has 102 valence electrons. The topological polar surface area (TPSA) is 55.0 Å². The number of rotatable bonds is 2. The first kappa shape index (κ1) is 13.9. The minimum absolute atomic E-state index is 0.00826. The predicted octanol–water partition coefficient (Wildman–Crippen LogP) is 2.55.